The zero-order chi connectivity index (χ0) is 11.9. The van der Waals surface area contributed by atoms with Gasteiger partial charge in [0, 0.05) is 6.08 Å². The molecule has 5 rings (SSSR count). The van der Waals surface area contributed by atoms with Crippen LogP contribution in [0.15, 0.2) is 24.0 Å². The van der Waals surface area contributed by atoms with Gasteiger partial charge in [-0.1, -0.05) is 12.2 Å². The monoisotopic (exact) mass is 234 g/mol. The van der Waals surface area contributed by atoms with Crippen molar-refractivity contribution in [3.8, 4) is 0 Å². The van der Waals surface area contributed by atoms with Crippen molar-refractivity contribution >= 4 is 5.97 Å². The summed E-state index contributed by atoms with van der Waals surface area (Å²) in [5.41, 5.74) is -2.53. The van der Waals surface area contributed by atoms with Gasteiger partial charge in [-0.2, -0.15) is 0 Å². The van der Waals surface area contributed by atoms with Crippen LogP contribution in [0.1, 0.15) is 26.2 Å². The second-order valence-electron chi connectivity index (χ2n) is 5.65. The van der Waals surface area contributed by atoms with E-state index in [1.807, 2.05) is 12.2 Å². The minimum Gasteiger partial charge on any atom is -0.511 e. The molecule has 17 heavy (non-hydrogen) atoms. The quantitative estimate of drug-likeness (QED) is 0.511. The number of aliphatic hydroxyl groups is 1. The van der Waals surface area contributed by atoms with Crippen LogP contribution < -0.4 is 0 Å². The van der Waals surface area contributed by atoms with Crippen molar-refractivity contribution < 1.29 is 19.4 Å². The first-order chi connectivity index (χ1) is 8.03. The smallest absolute Gasteiger partial charge is 0.324 e. The van der Waals surface area contributed by atoms with E-state index >= 15 is 0 Å². The molecule has 4 heterocycles. The van der Waals surface area contributed by atoms with Crippen molar-refractivity contribution in [2.75, 3.05) is 0 Å². The van der Waals surface area contributed by atoms with Gasteiger partial charge in [0.05, 0.1) is 0 Å². The summed E-state index contributed by atoms with van der Waals surface area (Å²) in [7, 11) is 0. The lowest BCUT2D eigenvalue weighted by Crippen LogP contribution is -2.52. The summed E-state index contributed by atoms with van der Waals surface area (Å²) in [6, 6.07) is 0. The Labute approximate surface area is 98.9 Å². The van der Waals surface area contributed by atoms with Crippen LogP contribution in [0.3, 0.4) is 0 Å². The summed E-state index contributed by atoms with van der Waals surface area (Å²) in [6.45, 7) is 1.78. The molecular formula is C13H14O4. The Balaban J connectivity index is 2.07. The number of rotatable bonds is 0. The minimum atomic E-state index is -0.992. The summed E-state index contributed by atoms with van der Waals surface area (Å²) in [5.74, 6) is -0.190. The Kier molecular flexibility index (Phi) is 1.39. The predicted octanol–water partition coefficient (Wildman–Crippen LogP) is 1.62. The second-order valence-corrected chi connectivity index (χ2v) is 5.65. The molecule has 4 nitrogen and oxygen atoms in total. The summed E-state index contributed by atoms with van der Waals surface area (Å²) < 4.78 is 11.6. The maximum atomic E-state index is 12.3. The van der Waals surface area contributed by atoms with E-state index in [4.69, 9.17) is 9.47 Å². The standard InChI is InChI=1S/C13H14O4/c1-11-7-8(14)13(10(15)17-11)5-2-4-12(13)6-3-9(11)16-12/h3,6-7,9,14H,2,4-5H2,1H3/t9-,11+,12+,13+/m1/s1. The number of carbonyl (C=O) groups excluding carboxylic acids is 1. The Morgan fingerprint density at radius 1 is 1.47 bits per heavy atom. The SMILES string of the molecule is C[C@]12C=C(O)[C@@]3(CCC[C@]34C=C[C@H]1O4)C(=O)O2. The number of fused-ring (bicyclic) bond motifs is 1. The van der Waals surface area contributed by atoms with Crippen LogP contribution in [0.25, 0.3) is 0 Å². The first kappa shape index (κ1) is 9.71. The lowest BCUT2D eigenvalue weighted by atomic mass is 9.70. The number of esters is 1. The topological polar surface area (TPSA) is 55.8 Å². The molecule has 4 aliphatic heterocycles. The fourth-order valence-electron chi connectivity index (χ4n) is 3.86. The molecule has 0 aromatic carbocycles. The number of hydrogen-bond donors (Lipinski definition) is 1. The van der Waals surface area contributed by atoms with Crippen molar-refractivity contribution in [3.63, 3.8) is 0 Å². The number of ether oxygens (including phenoxy) is 2. The van der Waals surface area contributed by atoms with E-state index in [1.165, 1.54) is 0 Å². The van der Waals surface area contributed by atoms with Gasteiger partial charge in [-0.15, -0.1) is 0 Å². The van der Waals surface area contributed by atoms with Crippen LogP contribution in [-0.2, 0) is 14.3 Å². The molecule has 0 radical (unpaired) electrons. The molecule has 0 unspecified atom stereocenters. The van der Waals surface area contributed by atoms with Gasteiger partial charge in [0.1, 0.15) is 17.5 Å². The number of carbonyl (C=O) groups is 1. The van der Waals surface area contributed by atoms with Crippen LogP contribution in [0.4, 0.5) is 0 Å². The average molecular weight is 234 g/mol. The summed E-state index contributed by atoms with van der Waals surface area (Å²) >= 11 is 0. The van der Waals surface area contributed by atoms with E-state index in [1.54, 1.807) is 13.0 Å². The second kappa shape index (κ2) is 2.43. The lowest BCUT2D eigenvalue weighted by molar-refractivity contribution is -0.169. The number of hydrogen-bond acceptors (Lipinski definition) is 4. The fourth-order valence-corrected chi connectivity index (χ4v) is 3.86. The first-order valence-electron chi connectivity index (χ1n) is 6.05. The maximum Gasteiger partial charge on any atom is 0.324 e. The molecule has 1 saturated carbocycles. The van der Waals surface area contributed by atoms with E-state index in [2.05, 4.69) is 0 Å². The van der Waals surface area contributed by atoms with Gasteiger partial charge in [-0.05, 0) is 26.2 Å². The third kappa shape index (κ3) is 0.794. The molecule has 5 aliphatic rings. The Hall–Kier alpha value is -1.29. The molecule has 0 amide bonds. The highest BCUT2D eigenvalue weighted by Gasteiger charge is 2.72. The van der Waals surface area contributed by atoms with Crippen molar-refractivity contribution in [1.82, 2.24) is 0 Å². The highest BCUT2D eigenvalue weighted by Crippen LogP contribution is 2.62. The van der Waals surface area contributed by atoms with Crippen molar-refractivity contribution in [3.05, 3.63) is 24.0 Å². The normalized spacial score (nSPS) is 54.3. The van der Waals surface area contributed by atoms with Crippen molar-refractivity contribution in [1.29, 1.82) is 0 Å². The molecule has 0 aromatic rings. The first-order valence-corrected chi connectivity index (χ1v) is 6.05. The van der Waals surface area contributed by atoms with Crippen LogP contribution in [-0.4, -0.2) is 28.4 Å². The van der Waals surface area contributed by atoms with Gasteiger partial charge < -0.3 is 14.6 Å². The summed E-state index contributed by atoms with van der Waals surface area (Å²) in [5, 5.41) is 10.3. The van der Waals surface area contributed by atoms with Crippen LogP contribution in [0.5, 0.6) is 0 Å². The highest BCUT2D eigenvalue weighted by atomic mass is 16.6. The molecule has 1 saturated heterocycles. The Bertz CT molecular complexity index is 494. The van der Waals surface area contributed by atoms with Gasteiger partial charge >= 0.3 is 5.97 Å². The molecule has 4 heteroatoms. The van der Waals surface area contributed by atoms with Gasteiger partial charge in [0.15, 0.2) is 11.0 Å². The molecule has 1 aliphatic carbocycles. The van der Waals surface area contributed by atoms with Gasteiger partial charge in [0.25, 0.3) is 0 Å². The summed E-state index contributed by atoms with van der Waals surface area (Å²) in [6.07, 6.45) is 7.54. The van der Waals surface area contributed by atoms with Crippen LogP contribution >= 0.6 is 0 Å². The van der Waals surface area contributed by atoms with E-state index in [9.17, 15) is 9.90 Å². The third-order valence-electron chi connectivity index (χ3n) is 4.79. The third-order valence-corrected chi connectivity index (χ3v) is 4.79. The number of aliphatic hydroxyl groups excluding tert-OH is 1. The molecular weight excluding hydrogens is 220 g/mol. The Morgan fingerprint density at radius 3 is 3.06 bits per heavy atom. The van der Waals surface area contributed by atoms with Crippen molar-refractivity contribution in [2.24, 2.45) is 5.41 Å². The van der Waals surface area contributed by atoms with Crippen molar-refractivity contribution in [2.45, 2.75) is 43.5 Å². The van der Waals surface area contributed by atoms with Crippen LogP contribution in [0.2, 0.25) is 0 Å². The van der Waals surface area contributed by atoms with Gasteiger partial charge in [-0.25, -0.2) is 0 Å². The average Bonchev–Trinajstić information content (AvgIpc) is 2.80. The maximum absolute atomic E-state index is 12.3. The van der Waals surface area contributed by atoms with E-state index in [0.29, 0.717) is 6.42 Å². The van der Waals surface area contributed by atoms with E-state index in [0.717, 1.165) is 12.8 Å². The zero-order valence-corrected chi connectivity index (χ0v) is 9.60. The molecule has 90 valence electrons. The molecule has 2 fully saturated rings. The largest absolute Gasteiger partial charge is 0.511 e. The predicted molar refractivity (Wildman–Crippen MR) is 58.2 cm³/mol. The van der Waals surface area contributed by atoms with Gasteiger partial charge in [0.2, 0.25) is 0 Å². The summed E-state index contributed by atoms with van der Waals surface area (Å²) in [4.78, 5) is 12.3. The molecule has 4 bridgehead atoms. The van der Waals surface area contributed by atoms with E-state index in [-0.39, 0.29) is 17.8 Å². The zero-order valence-electron chi connectivity index (χ0n) is 9.60. The molecule has 0 aromatic heterocycles. The van der Waals surface area contributed by atoms with E-state index < -0.39 is 16.6 Å². The highest BCUT2D eigenvalue weighted by molar-refractivity contribution is 5.86. The molecule has 2 spiro atoms. The Morgan fingerprint density at radius 2 is 2.29 bits per heavy atom. The fraction of sp³-hybridized carbons (Fsp3) is 0.615. The minimum absolute atomic E-state index is 0.139. The van der Waals surface area contributed by atoms with Gasteiger partial charge in [-0.3, -0.25) is 4.79 Å². The van der Waals surface area contributed by atoms with Crippen LogP contribution in [0, 0.1) is 5.41 Å². The molecule has 4 atom stereocenters. The molecule has 1 N–H and O–H groups in total. The lowest BCUT2D eigenvalue weighted by Gasteiger charge is -2.40.